The molecule has 0 aliphatic heterocycles. The molecular formula is C26H17F3N4O. The lowest BCUT2D eigenvalue weighted by molar-refractivity contribution is -0.137. The highest BCUT2D eigenvalue weighted by molar-refractivity contribution is 5.90. The average Bonchev–Trinajstić information content (AvgIpc) is 3.30. The zero-order chi connectivity index (χ0) is 23.7. The maximum absolute atomic E-state index is 13.2. The van der Waals surface area contributed by atoms with Crippen LogP contribution in [-0.2, 0) is 6.18 Å². The van der Waals surface area contributed by atoms with E-state index in [0.717, 1.165) is 17.7 Å². The summed E-state index contributed by atoms with van der Waals surface area (Å²) in [5, 5.41) is 14.2. The average molecular weight is 458 g/mol. The standard InChI is InChI=1S/C26H17F3N4O/c27-26(28,29)20-11-5-9-18(15-20)17-8-4-10-19(14-17)25-23(21-12-13-22(34)31-30-21)24(32-33-25)16-6-2-1-3-7-16/h1-15H,(H,31,34)(H,32,33). The van der Waals surface area contributed by atoms with Crippen molar-refractivity contribution in [3.63, 3.8) is 0 Å². The van der Waals surface area contributed by atoms with E-state index in [0.29, 0.717) is 39.3 Å². The van der Waals surface area contributed by atoms with Crippen LogP contribution < -0.4 is 5.56 Å². The third-order valence-electron chi connectivity index (χ3n) is 5.42. The van der Waals surface area contributed by atoms with Gasteiger partial charge in [-0.3, -0.25) is 9.89 Å². The molecule has 0 atom stereocenters. The van der Waals surface area contributed by atoms with Crippen LogP contribution in [0.2, 0.25) is 0 Å². The van der Waals surface area contributed by atoms with E-state index in [2.05, 4.69) is 20.4 Å². The summed E-state index contributed by atoms with van der Waals surface area (Å²) < 4.78 is 39.6. The van der Waals surface area contributed by atoms with Crippen LogP contribution >= 0.6 is 0 Å². The smallest absolute Gasteiger partial charge is 0.277 e. The van der Waals surface area contributed by atoms with Crippen LogP contribution in [0.3, 0.4) is 0 Å². The lowest BCUT2D eigenvalue weighted by Crippen LogP contribution is -2.06. The number of aromatic nitrogens is 4. The van der Waals surface area contributed by atoms with Crippen LogP contribution in [-0.4, -0.2) is 20.4 Å². The van der Waals surface area contributed by atoms with E-state index in [1.165, 1.54) is 12.1 Å². The zero-order valence-electron chi connectivity index (χ0n) is 17.6. The summed E-state index contributed by atoms with van der Waals surface area (Å²) in [5.74, 6) is 0. The highest BCUT2D eigenvalue weighted by Crippen LogP contribution is 2.38. The first-order valence-electron chi connectivity index (χ1n) is 10.4. The minimum Gasteiger partial charge on any atom is -0.277 e. The summed E-state index contributed by atoms with van der Waals surface area (Å²) in [6, 6.07) is 24.9. The predicted octanol–water partition coefficient (Wildman–Crippen LogP) is 6.18. The Morgan fingerprint density at radius 2 is 1.32 bits per heavy atom. The molecule has 3 aromatic carbocycles. The highest BCUT2D eigenvalue weighted by Gasteiger charge is 2.30. The van der Waals surface area contributed by atoms with Crippen molar-refractivity contribution < 1.29 is 13.2 Å². The van der Waals surface area contributed by atoms with E-state index in [9.17, 15) is 18.0 Å². The van der Waals surface area contributed by atoms with Crippen molar-refractivity contribution in [1.82, 2.24) is 20.4 Å². The van der Waals surface area contributed by atoms with E-state index < -0.39 is 11.7 Å². The lowest BCUT2D eigenvalue weighted by atomic mass is 9.96. The van der Waals surface area contributed by atoms with Gasteiger partial charge in [-0.05, 0) is 35.4 Å². The first-order valence-corrected chi connectivity index (χ1v) is 10.4. The van der Waals surface area contributed by atoms with E-state index in [4.69, 9.17) is 0 Å². The largest absolute Gasteiger partial charge is 0.416 e. The minimum atomic E-state index is -4.43. The van der Waals surface area contributed by atoms with Gasteiger partial charge in [-0.25, -0.2) is 5.10 Å². The van der Waals surface area contributed by atoms with Gasteiger partial charge >= 0.3 is 6.18 Å². The molecule has 34 heavy (non-hydrogen) atoms. The summed E-state index contributed by atoms with van der Waals surface area (Å²) in [4.78, 5) is 11.6. The van der Waals surface area contributed by atoms with Gasteiger partial charge in [0, 0.05) is 17.2 Å². The fourth-order valence-electron chi connectivity index (χ4n) is 3.82. The Morgan fingerprint density at radius 1 is 0.647 bits per heavy atom. The number of rotatable bonds is 4. The van der Waals surface area contributed by atoms with Crippen molar-refractivity contribution in [2.45, 2.75) is 6.18 Å². The van der Waals surface area contributed by atoms with Crippen molar-refractivity contribution in [2.75, 3.05) is 0 Å². The summed E-state index contributed by atoms with van der Waals surface area (Å²) >= 11 is 0. The number of alkyl halides is 3. The molecule has 0 bridgehead atoms. The number of hydrogen-bond donors (Lipinski definition) is 2. The molecular weight excluding hydrogens is 441 g/mol. The Bertz CT molecular complexity index is 1500. The molecule has 2 N–H and O–H groups in total. The maximum Gasteiger partial charge on any atom is 0.416 e. The first-order chi connectivity index (χ1) is 16.4. The van der Waals surface area contributed by atoms with Crippen LogP contribution in [0.5, 0.6) is 0 Å². The van der Waals surface area contributed by atoms with Crippen molar-refractivity contribution >= 4 is 0 Å². The van der Waals surface area contributed by atoms with Gasteiger partial charge in [-0.15, -0.1) is 0 Å². The van der Waals surface area contributed by atoms with E-state index in [1.54, 1.807) is 30.3 Å². The highest BCUT2D eigenvalue weighted by atomic mass is 19.4. The molecule has 2 aromatic heterocycles. The van der Waals surface area contributed by atoms with Crippen LogP contribution in [0, 0.1) is 0 Å². The van der Waals surface area contributed by atoms with Crippen LogP contribution in [0.4, 0.5) is 13.2 Å². The number of halogens is 3. The van der Waals surface area contributed by atoms with Gasteiger partial charge in [0.1, 0.15) is 5.69 Å². The Hall–Kier alpha value is -4.46. The molecule has 0 saturated heterocycles. The molecule has 0 unspecified atom stereocenters. The van der Waals surface area contributed by atoms with Gasteiger partial charge < -0.3 is 0 Å². The van der Waals surface area contributed by atoms with Gasteiger partial charge in [-0.2, -0.15) is 23.4 Å². The number of H-pyrrole nitrogens is 2. The summed E-state index contributed by atoms with van der Waals surface area (Å²) in [7, 11) is 0. The molecule has 0 radical (unpaired) electrons. The van der Waals surface area contributed by atoms with Crippen molar-refractivity contribution in [3.05, 3.63) is 107 Å². The zero-order valence-corrected chi connectivity index (χ0v) is 17.6. The third-order valence-corrected chi connectivity index (χ3v) is 5.42. The summed E-state index contributed by atoms with van der Waals surface area (Å²) in [6.45, 7) is 0. The molecule has 168 valence electrons. The number of hydrogen-bond acceptors (Lipinski definition) is 3. The Labute approximate surface area is 191 Å². The second-order valence-electron chi connectivity index (χ2n) is 7.65. The number of nitrogens with one attached hydrogen (secondary N) is 2. The molecule has 8 heteroatoms. The Kier molecular flexibility index (Phi) is 5.33. The molecule has 5 aromatic rings. The molecule has 0 amide bonds. The van der Waals surface area contributed by atoms with E-state index >= 15 is 0 Å². The second kappa shape index (κ2) is 8.47. The van der Waals surface area contributed by atoms with Crippen molar-refractivity contribution in [3.8, 4) is 44.9 Å². The summed E-state index contributed by atoms with van der Waals surface area (Å²) in [5.41, 5.74) is 4.03. The molecule has 5 rings (SSSR count). The maximum atomic E-state index is 13.2. The number of aromatic amines is 2. The predicted molar refractivity (Wildman–Crippen MR) is 124 cm³/mol. The van der Waals surface area contributed by atoms with Crippen LogP contribution in [0.15, 0.2) is 95.8 Å². The topological polar surface area (TPSA) is 74.4 Å². The van der Waals surface area contributed by atoms with Crippen molar-refractivity contribution in [2.24, 2.45) is 0 Å². The molecule has 2 heterocycles. The SMILES string of the molecule is O=c1ccc(-c2c(-c3cccc(-c4cccc(C(F)(F)F)c4)c3)n[nH]c2-c2ccccc2)n[nH]1. The Morgan fingerprint density at radius 3 is 2.03 bits per heavy atom. The number of benzene rings is 3. The van der Waals surface area contributed by atoms with E-state index in [1.807, 2.05) is 36.4 Å². The quantitative estimate of drug-likeness (QED) is 0.338. The second-order valence-corrected chi connectivity index (χ2v) is 7.65. The van der Waals surface area contributed by atoms with Gasteiger partial charge in [0.15, 0.2) is 0 Å². The Balaban J connectivity index is 1.66. The van der Waals surface area contributed by atoms with Gasteiger partial charge in [0.2, 0.25) is 0 Å². The van der Waals surface area contributed by atoms with E-state index in [-0.39, 0.29) is 5.56 Å². The first kappa shape index (κ1) is 21.4. The molecule has 0 fully saturated rings. The van der Waals surface area contributed by atoms with Crippen molar-refractivity contribution in [1.29, 1.82) is 0 Å². The fourth-order valence-corrected chi connectivity index (χ4v) is 3.82. The third kappa shape index (κ3) is 4.13. The number of nitrogens with zero attached hydrogens (tertiary/aromatic N) is 2. The van der Waals surface area contributed by atoms with Crippen LogP contribution in [0.25, 0.3) is 44.9 Å². The fraction of sp³-hybridized carbons (Fsp3) is 0.0385. The minimum absolute atomic E-state index is 0.332. The normalized spacial score (nSPS) is 11.5. The molecule has 0 aliphatic carbocycles. The molecule has 0 aliphatic rings. The van der Waals surface area contributed by atoms with Crippen LogP contribution in [0.1, 0.15) is 5.56 Å². The monoisotopic (exact) mass is 458 g/mol. The molecule has 5 nitrogen and oxygen atoms in total. The lowest BCUT2D eigenvalue weighted by Gasteiger charge is -2.10. The summed E-state index contributed by atoms with van der Waals surface area (Å²) in [6.07, 6.45) is -4.43. The van der Waals surface area contributed by atoms with Gasteiger partial charge in [0.25, 0.3) is 5.56 Å². The van der Waals surface area contributed by atoms with Gasteiger partial charge in [-0.1, -0.05) is 60.7 Å². The van der Waals surface area contributed by atoms with Gasteiger partial charge in [0.05, 0.1) is 22.5 Å². The molecule has 0 saturated carbocycles. The molecule has 0 spiro atoms.